The Morgan fingerprint density at radius 2 is 2.06 bits per heavy atom. The second-order valence-electron chi connectivity index (χ2n) is 3.41. The molecule has 0 aromatic heterocycles. The average Bonchev–Trinajstić information content (AvgIpc) is 2.21. The van der Waals surface area contributed by atoms with E-state index < -0.39 is 12.0 Å². The third-order valence-corrected chi connectivity index (χ3v) is 2.77. The van der Waals surface area contributed by atoms with E-state index in [0.29, 0.717) is 10.0 Å². The SMILES string of the molecule is NC(CCC(=O)O)c1cc(O)c(O)c(Br)c1. The minimum atomic E-state index is -0.919. The summed E-state index contributed by atoms with van der Waals surface area (Å²) in [6.07, 6.45) is 0.229. The fourth-order valence-electron chi connectivity index (χ4n) is 1.26. The summed E-state index contributed by atoms with van der Waals surface area (Å²) in [5.74, 6) is -1.46. The number of benzene rings is 1. The van der Waals surface area contributed by atoms with Crippen molar-refractivity contribution in [3.05, 3.63) is 22.2 Å². The van der Waals surface area contributed by atoms with E-state index in [9.17, 15) is 15.0 Å². The number of halogens is 1. The van der Waals surface area contributed by atoms with Crippen LogP contribution in [0, 0.1) is 0 Å². The number of carbonyl (C=O) groups is 1. The van der Waals surface area contributed by atoms with E-state index in [1.165, 1.54) is 6.07 Å². The maximum Gasteiger partial charge on any atom is 0.303 e. The molecule has 1 aromatic rings. The molecule has 0 radical (unpaired) electrons. The highest BCUT2D eigenvalue weighted by Gasteiger charge is 2.13. The summed E-state index contributed by atoms with van der Waals surface area (Å²) in [4.78, 5) is 10.4. The fraction of sp³-hybridized carbons (Fsp3) is 0.300. The van der Waals surface area contributed by atoms with Crippen molar-refractivity contribution in [1.82, 2.24) is 0 Å². The average molecular weight is 290 g/mol. The predicted octanol–water partition coefficient (Wildman–Crippen LogP) is 1.72. The zero-order chi connectivity index (χ0) is 12.3. The van der Waals surface area contributed by atoms with E-state index >= 15 is 0 Å². The summed E-state index contributed by atoms with van der Waals surface area (Å²) < 4.78 is 0.327. The predicted molar refractivity (Wildman–Crippen MR) is 61.3 cm³/mol. The molecule has 0 heterocycles. The van der Waals surface area contributed by atoms with Crippen molar-refractivity contribution in [2.75, 3.05) is 0 Å². The molecule has 1 aromatic carbocycles. The van der Waals surface area contributed by atoms with Gasteiger partial charge in [0.1, 0.15) is 0 Å². The Morgan fingerprint density at radius 1 is 1.44 bits per heavy atom. The summed E-state index contributed by atoms with van der Waals surface area (Å²) in [7, 11) is 0. The lowest BCUT2D eigenvalue weighted by Gasteiger charge is -2.12. The summed E-state index contributed by atoms with van der Waals surface area (Å²) in [5, 5.41) is 27.2. The van der Waals surface area contributed by atoms with E-state index in [-0.39, 0.29) is 24.3 Å². The molecule has 0 aliphatic rings. The van der Waals surface area contributed by atoms with Gasteiger partial charge in [-0.05, 0) is 40.0 Å². The van der Waals surface area contributed by atoms with Crippen molar-refractivity contribution in [3.8, 4) is 11.5 Å². The number of aliphatic carboxylic acids is 1. The summed E-state index contributed by atoms with van der Waals surface area (Å²) in [6, 6.07) is 2.40. The quantitative estimate of drug-likeness (QED) is 0.632. The van der Waals surface area contributed by atoms with Crippen LogP contribution in [0.15, 0.2) is 16.6 Å². The van der Waals surface area contributed by atoms with Crippen molar-refractivity contribution in [2.24, 2.45) is 5.73 Å². The molecule has 16 heavy (non-hydrogen) atoms. The molecule has 5 nitrogen and oxygen atoms in total. The highest BCUT2D eigenvalue weighted by molar-refractivity contribution is 9.10. The number of aromatic hydroxyl groups is 2. The van der Waals surface area contributed by atoms with Gasteiger partial charge in [0.05, 0.1) is 4.47 Å². The van der Waals surface area contributed by atoms with E-state index in [2.05, 4.69) is 15.9 Å². The molecule has 0 saturated heterocycles. The van der Waals surface area contributed by atoms with Crippen LogP contribution in [0.3, 0.4) is 0 Å². The van der Waals surface area contributed by atoms with E-state index in [0.717, 1.165) is 0 Å². The molecule has 5 N–H and O–H groups in total. The Balaban J connectivity index is 2.84. The standard InChI is InChI=1S/C10H12BrNO4/c11-6-3-5(4-8(13)10(6)16)7(12)1-2-9(14)15/h3-4,7,13,16H,1-2,12H2,(H,14,15). The largest absolute Gasteiger partial charge is 0.504 e. The number of hydrogen-bond acceptors (Lipinski definition) is 4. The summed E-state index contributed by atoms with van der Waals surface area (Å²) in [5.41, 5.74) is 6.33. The molecule has 0 amide bonds. The normalized spacial score (nSPS) is 12.4. The first-order valence-electron chi connectivity index (χ1n) is 4.60. The first kappa shape index (κ1) is 12.8. The first-order chi connectivity index (χ1) is 7.41. The van der Waals surface area contributed by atoms with Gasteiger partial charge >= 0.3 is 5.97 Å². The van der Waals surface area contributed by atoms with Gasteiger partial charge in [0.15, 0.2) is 11.5 Å². The van der Waals surface area contributed by atoms with E-state index in [4.69, 9.17) is 10.8 Å². The maximum absolute atomic E-state index is 10.4. The summed E-state index contributed by atoms with van der Waals surface area (Å²) in [6.45, 7) is 0. The Bertz CT molecular complexity index is 385. The van der Waals surface area contributed by atoms with Gasteiger partial charge in [0.25, 0.3) is 0 Å². The Morgan fingerprint density at radius 3 is 2.56 bits per heavy atom. The van der Waals surface area contributed by atoms with E-state index in [1.54, 1.807) is 6.07 Å². The molecule has 6 heteroatoms. The summed E-state index contributed by atoms with van der Waals surface area (Å²) >= 11 is 3.06. The van der Waals surface area contributed by atoms with Gasteiger partial charge in [-0.3, -0.25) is 4.79 Å². The Kier molecular flexibility index (Phi) is 4.14. The molecule has 1 unspecified atom stereocenters. The smallest absolute Gasteiger partial charge is 0.303 e. The minimum absolute atomic E-state index is 0.0412. The maximum atomic E-state index is 10.4. The number of rotatable bonds is 4. The van der Waals surface area contributed by atoms with Gasteiger partial charge in [0, 0.05) is 12.5 Å². The van der Waals surface area contributed by atoms with E-state index in [1.807, 2.05) is 0 Å². The monoisotopic (exact) mass is 289 g/mol. The zero-order valence-corrected chi connectivity index (χ0v) is 9.94. The van der Waals surface area contributed by atoms with Crippen molar-refractivity contribution in [2.45, 2.75) is 18.9 Å². The zero-order valence-electron chi connectivity index (χ0n) is 8.35. The fourth-order valence-corrected chi connectivity index (χ4v) is 1.73. The van der Waals surface area contributed by atoms with Crippen molar-refractivity contribution in [3.63, 3.8) is 0 Å². The van der Waals surface area contributed by atoms with Crippen LogP contribution in [0.25, 0.3) is 0 Å². The second-order valence-corrected chi connectivity index (χ2v) is 4.26. The lowest BCUT2D eigenvalue weighted by Crippen LogP contribution is -2.12. The van der Waals surface area contributed by atoms with Gasteiger partial charge < -0.3 is 21.1 Å². The number of phenols is 2. The molecule has 1 atom stereocenters. The highest BCUT2D eigenvalue weighted by atomic mass is 79.9. The van der Waals surface area contributed by atoms with Crippen LogP contribution in [0.2, 0.25) is 0 Å². The number of phenolic OH excluding ortho intramolecular Hbond substituents is 2. The molecule has 0 spiro atoms. The van der Waals surface area contributed by atoms with Crippen LogP contribution >= 0.6 is 15.9 Å². The number of hydrogen-bond donors (Lipinski definition) is 4. The molecule has 0 aliphatic heterocycles. The van der Waals surface area contributed by atoms with Crippen molar-refractivity contribution in [1.29, 1.82) is 0 Å². The van der Waals surface area contributed by atoms with Gasteiger partial charge in [-0.15, -0.1) is 0 Å². The van der Waals surface area contributed by atoms with Crippen molar-refractivity contribution >= 4 is 21.9 Å². The van der Waals surface area contributed by atoms with Gasteiger partial charge in [-0.2, -0.15) is 0 Å². The molecular formula is C10H12BrNO4. The van der Waals surface area contributed by atoms with Crippen LogP contribution in [0.5, 0.6) is 11.5 Å². The molecule has 0 saturated carbocycles. The number of carboxylic acids is 1. The Labute approximate surface area is 101 Å². The third-order valence-electron chi connectivity index (χ3n) is 2.16. The first-order valence-corrected chi connectivity index (χ1v) is 5.40. The van der Waals surface area contributed by atoms with Crippen LogP contribution in [-0.2, 0) is 4.79 Å². The van der Waals surface area contributed by atoms with Crippen LogP contribution < -0.4 is 5.73 Å². The van der Waals surface area contributed by atoms with Gasteiger partial charge in [-0.1, -0.05) is 0 Å². The lowest BCUT2D eigenvalue weighted by molar-refractivity contribution is -0.137. The van der Waals surface area contributed by atoms with Gasteiger partial charge in [-0.25, -0.2) is 0 Å². The molecule has 0 bridgehead atoms. The topological polar surface area (TPSA) is 104 Å². The van der Waals surface area contributed by atoms with Crippen LogP contribution in [0.4, 0.5) is 0 Å². The molecule has 1 rings (SSSR count). The van der Waals surface area contributed by atoms with Gasteiger partial charge in [0.2, 0.25) is 0 Å². The number of nitrogens with two attached hydrogens (primary N) is 1. The molecule has 0 fully saturated rings. The Hall–Kier alpha value is -1.27. The lowest BCUT2D eigenvalue weighted by atomic mass is 10.0. The van der Waals surface area contributed by atoms with Crippen LogP contribution in [0.1, 0.15) is 24.4 Å². The highest BCUT2D eigenvalue weighted by Crippen LogP contribution is 2.36. The third kappa shape index (κ3) is 3.11. The molecule has 88 valence electrons. The number of carboxylic acid groups (broad SMARTS) is 1. The minimum Gasteiger partial charge on any atom is -0.504 e. The van der Waals surface area contributed by atoms with Crippen molar-refractivity contribution < 1.29 is 20.1 Å². The second kappa shape index (κ2) is 5.18. The molecular weight excluding hydrogens is 278 g/mol. The van der Waals surface area contributed by atoms with Crippen LogP contribution in [-0.4, -0.2) is 21.3 Å². The molecule has 0 aliphatic carbocycles.